The number of rotatable bonds is 4. The van der Waals surface area contributed by atoms with Crippen LogP contribution in [-0.2, 0) is 6.54 Å². The average molecular weight is 304 g/mol. The molecule has 1 aromatic heterocycles. The molecule has 0 bridgehead atoms. The van der Waals surface area contributed by atoms with Gasteiger partial charge >= 0.3 is 0 Å². The van der Waals surface area contributed by atoms with Gasteiger partial charge in [0.25, 0.3) is 0 Å². The Labute approximate surface area is 129 Å². The Kier molecular flexibility index (Phi) is 4.55. The quantitative estimate of drug-likeness (QED) is 0.943. The Hall–Kier alpha value is -1.72. The zero-order valence-electron chi connectivity index (χ0n) is 12.7. The van der Waals surface area contributed by atoms with Crippen LogP contribution < -0.4 is 0 Å². The lowest BCUT2D eigenvalue weighted by Crippen LogP contribution is -2.36. The molecule has 1 saturated heterocycles. The van der Waals surface area contributed by atoms with Crippen LogP contribution in [0.5, 0.6) is 0 Å². The van der Waals surface area contributed by atoms with E-state index in [-0.39, 0.29) is 11.9 Å². The van der Waals surface area contributed by atoms with E-state index in [2.05, 4.69) is 9.88 Å². The highest BCUT2D eigenvalue weighted by Crippen LogP contribution is 2.23. The van der Waals surface area contributed by atoms with Gasteiger partial charge in [-0.05, 0) is 63.0 Å². The molecule has 1 atom stereocenters. The molecule has 4 nitrogen and oxygen atoms in total. The van der Waals surface area contributed by atoms with Crippen LogP contribution in [0.25, 0.3) is 11.5 Å². The van der Waals surface area contributed by atoms with Crippen molar-refractivity contribution in [2.75, 3.05) is 13.1 Å². The predicted octanol–water partition coefficient (Wildman–Crippen LogP) is 3.07. The molecule has 3 rings (SSSR count). The first-order valence-electron chi connectivity index (χ1n) is 7.72. The van der Waals surface area contributed by atoms with E-state index in [9.17, 15) is 9.50 Å². The number of hydrogen-bond donors (Lipinski definition) is 1. The van der Waals surface area contributed by atoms with Gasteiger partial charge in [-0.2, -0.15) is 0 Å². The van der Waals surface area contributed by atoms with Gasteiger partial charge in [0.15, 0.2) is 0 Å². The van der Waals surface area contributed by atoms with Crippen molar-refractivity contribution in [3.63, 3.8) is 0 Å². The first-order valence-corrected chi connectivity index (χ1v) is 7.72. The van der Waals surface area contributed by atoms with Crippen LogP contribution in [0.2, 0.25) is 0 Å². The van der Waals surface area contributed by atoms with E-state index >= 15 is 0 Å². The number of nitrogens with zero attached hydrogens (tertiary/aromatic N) is 2. The first-order chi connectivity index (χ1) is 10.6. The van der Waals surface area contributed by atoms with E-state index in [4.69, 9.17) is 4.42 Å². The summed E-state index contributed by atoms with van der Waals surface area (Å²) in [5.74, 6) is 0.661. The lowest BCUT2D eigenvalue weighted by molar-refractivity contribution is 0.0691. The Balaban J connectivity index is 1.59. The summed E-state index contributed by atoms with van der Waals surface area (Å²) in [4.78, 5) is 6.80. The molecule has 118 valence electrons. The molecular weight excluding hydrogens is 283 g/mol. The van der Waals surface area contributed by atoms with Crippen LogP contribution >= 0.6 is 0 Å². The third-order valence-electron chi connectivity index (χ3n) is 4.34. The number of benzene rings is 1. The minimum absolute atomic E-state index is 0.223. The maximum atomic E-state index is 12.9. The lowest BCUT2D eigenvalue weighted by atomic mass is 9.92. The molecule has 0 saturated carbocycles. The van der Waals surface area contributed by atoms with Crippen molar-refractivity contribution in [3.05, 3.63) is 42.0 Å². The maximum absolute atomic E-state index is 12.9. The van der Waals surface area contributed by atoms with E-state index < -0.39 is 0 Å². The number of aliphatic hydroxyl groups excluding tert-OH is 1. The summed E-state index contributed by atoms with van der Waals surface area (Å²) < 4.78 is 18.4. The van der Waals surface area contributed by atoms with Gasteiger partial charge in [-0.25, -0.2) is 9.37 Å². The average Bonchev–Trinajstić information content (AvgIpc) is 2.97. The third-order valence-corrected chi connectivity index (χ3v) is 4.34. The van der Waals surface area contributed by atoms with Crippen LogP contribution in [0.15, 0.2) is 34.9 Å². The second kappa shape index (κ2) is 6.58. The molecule has 1 fully saturated rings. The highest BCUT2D eigenvalue weighted by atomic mass is 19.1. The molecule has 1 unspecified atom stereocenters. The molecule has 2 heterocycles. The first kappa shape index (κ1) is 15.2. The number of halogens is 1. The van der Waals surface area contributed by atoms with Gasteiger partial charge in [-0.15, -0.1) is 0 Å². The lowest BCUT2D eigenvalue weighted by Gasteiger charge is -2.32. The van der Waals surface area contributed by atoms with Gasteiger partial charge < -0.3 is 9.52 Å². The second-order valence-corrected chi connectivity index (χ2v) is 6.01. The van der Waals surface area contributed by atoms with Gasteiger partial charge in [0.2, 0.25) is 5.89 Å². The molecule has 0 aliphatic carbocycles. The van der Waals surface area contributed by atoms with Crippen molar-refractivity contribution >= 4 is 0 Å². The smallest absolute Gasteiger partial charge is 0.226 e. The van der Waals surface area contributed by atoms with Gasteiger partial charge in [-0.1, -0.05) is 0 Å². The highest BCUT2D eigenvalue weighted by molar-refractivity contribution is 5.52. The normalized spacial score (nSPS) is 18.5. The summed E-state index contributed by atoms with van der Waals surface area (Å²) >= 11 is 0. The number of aliphatic hydroxyl groups is 1. The monoisotopic (exact) mass is 304 g/mol. The van der Waals surface area contributed by atoms with Crippen LogP contribution in [-0.4, -0.2) is 34.2 Å². The van der Waals surface area contributed by atoms with Gasteiger partial charge in [0, 0.05) is 12.1 Å². The Morgan fingerprint density at radius 2 is 2.00 bits per heavy atom. The van der Waals surface area contributed by atoms with Crippen molar-refractivity contribution in [1.82, 2.24) is 9.88 Å². The molecule has 0 radical (unpaired) electrons. The molecule has 1 aliphatic heterocycles. The van der Waals surface area contributed by atoms with Gasteiger partial charge in [0.05, 0.1) is 11.8 Å². The highest BCUT2D eigenvalue weighted by Gasteiger charge is 2.23. The summed E-state index contributed by atoms with van der Waals surface area (Å²) in [6.45, 7) is 4.55. The van der Waals surface area contributed by atoms with Crippen molar-refractivity contribution in [3.8, 4) is 11.5 Å². The number of piperidine rings is 1. The maximum Gasteiger partial charge on any atom is 0.226 e. The largest absolute Gasteiger partial charge is 0.444 e. The molecule has 1 aliphatic rings. The van der Waals surface area contributed by atoms with Crippen LogP contribution in [0.1, 0.15) is 25.5 Å². The fourth-order valence-electron chi connectivity index (χ4n) is 2.93. The molecule has 5 heteroatoms. The fourth-order valence-corrected chi connectivity index (χ4v) is 2.93. The summed E-state index contributed by atoms with van der Waals surface area (Å²) in [5, 5.41) is 9.63. The molecule has 0 amide bonds. The third kappa shape index (κ3) is 3.54. The second-order valence-electron chi connectivity index (χ2n) is 6.01. The van der Waals surface area contributed by atoms with E-state index in [0.29, 0.717) is 11.8 Å². The van der Waals surface area contributed by atoms with E-state index in [1.54, 1.807) is 18.4 Å². The van der Waals surface area contributed by atoms with Crippen LogP contribution in [0, 0.1) is 11.7 Å². The Bertz CT molecular complexity index is 601. The topological polar surface area (TPSA) is 49.5 Å². The Morgan fingerprint density at radius 1 is 1.32 bits per heavy atom. The van der Waals surface area contributed by atoms with E-state index in [1.165, 1.54) is 12.1 Å². The summed E-state index contributed by atoms with van der Waals surface area (Å²) in [6, 6.07) is 6.14. The predicted molar refractivity (Wildman–Crippen MR) is 81.6 cm³/mol. The summed E-state index contributed by atoms with van der Waals surface area (Å²) in [5.41, 5.74) is 1.66. The standard InChI is InChI=1S/C17H21FN2O2/c1-12(21)13-6-8-20(9-7-13)10-16-11-22-17(19-16)14-2-4-15(18)5-3-14/h2-5,11-13,21H,6-10H2,1H3. The van der Waals surface area contributed by atoms with Crippen molar-refractivity contribution in [2.45, 2.75) is 32.4 Å². The van der Waals surface area contributed by atoms with Crippen LogP contribution in [0.3, 0.4) is 0 Å². The minimum atomic E-state index is -0.267. The molecule has 0 spiro atoms. The summed E-state index contributed by atoms with van der Waals surface area (Å²) in [6.07, 6.45) is 3.47. The van der Waals surface area contributed by atoms with Gasteiger partial charge in [0.1, 0.15) is 12.1 Å². The van der Waals surface area contributed by atoms with Crippen molar-refractivity contribution in [2.24, 2.45) is 5.92 Å². The molecule has 1 aromatic carbocycles. The van der Waals surface area contributed by atoms with E-state index in [0.717, 1.165) is 43.7 Å². The minimum Gasteiger partial charge on any atom is -0.444 e. The number of likely N-dealkylation sites (tertiary alicyclic amines) is 1. The molecular formula is C17H21FN2O2. The van der Waals surface area contributed by atoms with E-state index in [1.807, 2.05) is 6.92 Å². The number of aromatic nitrogens is 1. The fraction of sp³-hybridized carbons (Fsp3) is 0.471. The molecule has 2 aromatic rings. The SMILES string of the molecule is CC(O)C1CCN(Cc2coc(-c3ccc(F)cc3)n2)CC1. The number of hydrogen-bond acceptors (Lipinski definition) is 4. The van der Waals surface area contributed by atoms with Gasteiger partial charge in [-0.3, -0.25) is 4.90 Å². The molecule has 22 heavy (non-hydrogen) atoms. The van der Waals surface area contributed by atoms with Crippen molar-refractivity contribution in [1.29, 1.82) is 0 Å². The zero-order valence-corrected chi connectivity index (χ0v) is 12.7. The van der Waals surface area contributed by atoms with Crippen molar-refractivity contribution < 1.29 is 13.9 Å². The Morgan fingerprint density at radius 3 is 2.64 bits per heavy atom. The summed E-state index contributed by atoms with van der Waals surface area (Å²) in [7, 11) is 0. The number of oxazole rings is 1. The van der Waals surface area contributed by atoms with Crippen LogP contribution in [0.4, 0.5) is 4.39 Å². The zero-order chi connectivity index (χ0) is 15.5. The molecule has 1 N–H and O–H groups in total.